The van der Waals surface area contributed by atoms with E-state index in [1.54, 1.807) is 0 Å². The average molecular weight is 746 g/mol. The molecule has 0 aromatic rings. The number of rotatable bonds is 40. The number of aliphatic hydroxyl groups is 4. The van der Waals surface area contributed by atoms with Crippen LogP contribution in [0.2, 0.25) is 0 Å². The summed E-state index contributed by atoms with van der Waals surface area (Å²) in [6.45, 7) is 3.92. The Morgan fingerprint density at radius 2 is 0.849 bits per heavy atom. The van der Waals surface area contributed by atoms with Crippen molar-refractivity contribution in [3.8, 4) is 0 Å². The van der Waals surface area contributed by atoms with Gasteiger partial charge < -0.3 is 25.7 Å². The Kier molecular flexibility index (Phi) is 40.1. The molecule has 0 aliphatic heterocycles. The lowest BCUT2D eigenvalue weighted by Crippen LogP contribution is -2.53. The Bertz CT molecular complexity index is 884. The van der Waals surface area contributed by atoms with Crippen molar-refractivity contribution in [3.63, 3.8) is 0 Å². The number of amides is 1. The molecular weight excluding hydrogens is 659 g/mol. The fraction of sp³-hybridized carbons (Fsp3) is 0.809. The van der Waals surface area contributed by atoms with E-state index in [4.69, 9.17) is 0 Å². The van der Waals surface area contributed by atoms with Crippen LogP contribution < -0.4 is 5.32 Å². The number of aliphatic hydroxyl groups excluding tert-OH is 4. The van der Waals surface area contributed by atoms with Crippen LogP contribution in [0.25, 0.3) is 0 Å². The van der Waals surface area contributed by atoms with Crippen molar-refractivity contribution >= 4 is 5.91 Å². The van der Waals surface area contributed by atoms with Crippen LogP contribution in [-0.4, -0.2) is 57.3 Å². The molecule has 0 bridgehead atoms. The minimum atomic E-state index is -1.29. The fourth-order valence-electron chi connectivity index (χ4n) is 6.67. The lowest BCUT2D eigenvalue weighted by molar-refractivity contribution is -0.132. The quantitative estimate of drug-likeness (QED) is 0.0317. The van der Waals surface area contributed by atoms with E-state index in [1.165, 1.54) is 122 Å². The standard InChI is InChI=1S/C47H87NO5/c1-3-5-7-9-11-13-15-17-18-19-20-21-22-23-24-25-26-27-29-31-33-35-37-39-41-45(51)47(53)48-43(42-49)46(52)44(50)40-38-36-34-32-30-28-16-14-12-10-8-6-4-2/h6,8,14,16,23-24,32,34,43-46,49-52H,3-5,7,9-13,15,17-22,25-31,33,35-42H2,1-2H3,(H,48,53)/b8-6+,16-14+,24-23-,34-32+. The highest BCUT2D eigenvalue weighted by Crippen LogP contribution is 2.15. The van der Waals surface area contributed by atoms with Gasteiger partial charge in [0.05, 0.1) is 18.8 Å². The van der Waals surface area contributed by atoms with Crippen molar-refractivity contribution in [2.45, 2.75) is 237 Å². The van der Waals surface area contributed by atoms with Gasteiger partial charge in [-0.25, -0.2) is 0 Å². The number of nitrogens with one attached hydrogen (secondary N) is 1. The van der Waals surface area contributed by atoms with Crippen molar-refractivity contribution in [3.05, 3.63) is 48.6 Å². The summed E-state index contributed by atoms with van der Waals surface area (Å²) in [4.78, 5) is 12.5. The minimum absolute atomic E-state index is 0.354. The molecule has 53 heavy (non-hydrogen) atoms. The number of carbonyl (C=O) groups excluding carboxylic acids is 1. The summed E-state index contributed by atoms with van der Waals surface area (Å²) in [6, 6.07) is -1.01. The van der Waals surface area contributed by atoms with E-state index in [0.29, 0.717) is 19.3 Å². The van der Waals surface area contributed by atoms with Crippen molar-refractivity contribution in [2.75, 3.05) is 6.61 Å². The molecule has 6 nitrogen and oxygen atoms in total. The van der Waals surface area contributed by atoms with Crippen LogP contribution in [-0.2, 0) is 4.79 Å². The van der Waals surface area contributed by atoms with Gasteiger partial charge in [-0.15, -0.1) is 0 Å². The molecule has 1 amide bonds. The second kappa shape index (κ2) is 41.4. The van der Waals surface area contributed by atoms with Gasteiger partial charge in [0.25, 0.3) is 0 Å². The first-order valence-corrected chi connectivity index (χ1v) is 22.5. The van der Waals surface area contributed by atoms with Crippen LogP contribution in [0, 0.1) is 0 Å². The van der Waals surface area contributed by atoms with Gasteiger partial charge >= 0.3 is 0 Å². The van der Waals surface area contributed by atoms with E-state index < -0.39 is 36.9 Å². The Morgan fingerprint density at radius 3 is 1.28 bits per heavy atom. The maximum absolute atomic E-state index is 12.5. The largest absolute Gasteiger partial charge is 0.394 e. The summed E-state index contributed by atoms with van der Waals surface area (Å²) in [5.41, 5.74) is 0. The van der Waals surface area contributed by atoms with E-state index in [1.807, 2.05) is 0 Å². The Hall–Kier alpha value is -1.73. The lowest BCUT2D eigenvalue weighted by atomic mass is 10.00. The van der Waals surface area contributed by atoms with Crippen LogP contribution in [0.5, 0.6) is 0 Å². The summed E-state index contributed by atoms with van der Waals surface area (Å²) >= 11 is 0. The highest BCUT2D eigenvalue weighted by atomic mass is 16.3. The molecule has 0 spiro atoms. The molecule has 0 aromatic heterocycles. The first-order valence-electron chi connectivity index (χ1n) is 22.5. The number of hydrogen-bond donors (Lipinski definition) is 5. The monoisotopic (exact) mass is 746 g/mol. The van der Waals surface area contributed by atoms with Gasteiger partial charge in [-0.3, -0.25) is 4.79 Å². The first-order chi connectivity index (χ1) is 26.0. The van der Waals surface area contributed by atoms with E-state index >= 15 is 0 Å². The van der Waals surface area contributed by atoms with Crippen LogP contribution in [0.15, 0.2) is 48.6 Å². The fourth-order valence-corrected chi connectivity index (χ4v) is 6.67. The van der Waals surface area contributed by atoms with E-state index in [9.17, 15) is 25.2 Å². The zero-order chi connectivity index (χ0) is 38.9. The SMILES string of the molecule is CC/C=C/CC/C=C/CC/C=C/CCCC(O)C(O)C(CO)NC(=O)C(O)CCCCCCCCCC/C=C\CCCCCCCCCCCCCC. The van der Waals surface area contributed by atoms with Crippen LogP contribution in [0.1, 0.15) is 213 Å². The highest BCUT2D eigenvalue weighted by Gasteiger charge is 2.28. The van der Waals surface area contributed by atoms with E-state index in [0.717, 1.165) is 57.8 Å². The number of carbonyl (C=O) groups is 1. The molecule has 4 atom stereocenters. The van der Waals surface area contributed by atoms with Crippen LogP contribution in [0.3, 0.4) is 0 Å². The molecule has 6 heteroatoms. The third-order valence-electron chi connectivity index (χ3n) is 10.2. The van der Waals surface area contributed by atoms with Gasteiger partial charge in [-0.1, -0.05) is 178 Å². The number of hydrogen-bond acceptors (Lipinski definition) is 5. The Morgan fingerprint density at radius 1 is 0.472 bits per heavy atom. The molecular formula is C47H87NO5. The predicted molar refractivity (Wildman–Crippen MR) is 228 cm³/mol. The first kappa shape index (κ1) is 51.3. The van der Waals surface area contributed by atoms with Gasteiger partial charge in [0.2, 0.25) is 5.91 Å². The van der Waals surface area contributed by atoms with Crippen molar-refractivity contribution in [2.24, 2.45) is 0 Å². The molecule has 0 aliphatic carbocycles. The molecule has 4 unspecified atom stereocenters. The molecule has 0 fully saturated rings. The molecule has 0 radical (unpaired) electrons. The lowest BCUT2D eigenvalue weighted by Gasteiger charge is -2.27. The van der Waals surface area contributed by atoms with Crippen LogP contribution in [0.4, 0.5) is 0 Å². The summed E-state index contributed by atoms with van der Waals surface area (Å²) in [5.74, 6) is -0.604. The molecule has 310 valence electrons. The smallest absolute Gasteiger partial charge is 0.249 e. The molecule has 0 aromatic carbocycles. The maximum atomic E-state index is 12.5. The molecule has 0 rings (SSSR count). The van der Waals surface area contributed by atoms with Gasteiger partial charge in [-0.2, -0.15) is 0 Å². The van der Waals surface area contributed by atoms with Crippen molar-refractivity contribution < 1.29 is 25.2 Å². The summed E-state index contributed by atoms with van der Waals surface area (Å²) in [5, 5.41) is 43.6. The third kappa shape index (κ3) is 35.7. The van der Waals surface area contributed by atoms with Crippen molar-refractivity contribution in [1.82, 2.24) is 5.32 Å². The summed E-state index contributed by atoms with van der Waals surface area (Å²) < 4.78 is 0. The second-order valence-corrected chi connectivity index (χ2v) is 15.3. The molecule has 0 heterocycles. The third-order valence-corrected chi connectivity index (χ3v) is 10.2. The second-order valence-electron chi connectivity index (χ2n) is 15.3. The molecule has 0 aliphatic rings. The zero-order valence-electron chi connectivity index (χ0n) is 34.8. The Balaban J connectivity index is 3.74. The Labute approximate surface area is 328 Å². The number of unbranched alkanes of at least 4 members (excludes halogenated alkanes) is 23. The minimum Gasteiger partial charge on any atom is -0.394 e. The van der Waals surface area contributed by atoms with Crippen molar-refractivity contribution in [1.29, 1.82) is 0 Å². The van der Waals surface area contributed by atoms with Gasteiger partial charge in [0.1, 0.15) is 12.2 Å². The van der Waals surface area contributed by atoms with Gasteiger partial charge in [0.15, 0.2) is 0 Å². The highest BCUT2D eigenvalue weighted by molar-refractivity contribution is 5.80. The van der Waals surface area contributed by atoms with Gasteiger partial charge in [-0.05, 0) is 83.5 Å². The van der Waals surface area contributed by atoms with E-state index in [-0.39, 0.29) is 0 Å². The zero-order valence-corrected chi connectivity index (χ0v) is 34.8. The number of allylic oxidation sites excluding steroid dienone is 8. The average Bonchev–Trinajstić information content (AvgIpc) is 3.16. The predicted octanol–water partition coefficient (Wildman–Crippen LogP) is 11.9. The van der Waals surface area contributed by atoms with E-state index in [2.05, 4.69) is 67.8 Å². The molecule has 0 saturated heterocycles. The topological polar surface area (TPSA) is 110 Å². The van der Waals surface area contributed by atoms with Gasteiger partial charge in [0, 0.05) is 0 Å². The summed E-state index contributed by atoms with van der Waals surface area (Å²) in [6.07, 6.45) is 50.1. The molecule has 0 saturated carbocycles. The summed E-state index contributed by atoms with van der Waals surface area (Å²) in [7, 11) is 0. The maximum Gasteiger partial charge on any atom is 0.249 e. The molecule has 5 N–H and O–H groups in total. The normalized spacial score (nSPS) is 14.6. The van der Waals surface area contributed by atoms with Crippen LogP contribution >= 0.6 is 0 Å².